The number of aromatic nitrogens is 3. The number of benzene rings is 1. The molecule has 2 rings (SSSR count). The predicted molar refractivity (Wildman–Crippen MR) is 86.6 cm³/mol. The maximum atomic E-state index is 12.6. The molecule has 6 nitrogen and oxygen atoms in total. The van der Waals surface area contributed by atoms with Gasteiger partial charge >= 0.3 is 0 Å². The van der Waals surface area contributed by atoms with Crippen molar-refractivity contribution >= 4 is 11.9 Å². The van der Waals surface area contributed by atoms with Gasteiger partial charge in [-0.3, -0.25) is 20.1 Å². The summed E-state index contributed by atoms with van der Waals surface area (Å²) in [5, 5.41) is 9.69. The molecule has 1 aromatic carbocycles. The molecule has 1 heterocycles. The van der Waals surface area contributed by atoms with Crippen molar-refractivity contribution in [2.24, 2.45) is 0 Å². The summed E-state index contributed by atoms with van der Waals surface area (Å²) in [6, 6.07) is 9.34. The van der Waals surface area contributed by atoms with Crippen molar-refractivity contribution in [3.05, 3.63) is 41.7 Å². The van der Waals surface area contributed by atoms with Gasteiger partial charge in [-0.05, 0) is 19.2 Å². The summed E-state index contributed by atoms with van der Waals surface area (Å²) in [5.74, 6) is 1.18. The van der Waals surface area contributed by atoms with Crippen molar-refractivity contribution in [2.45, 2.75) is 32.7 Å². The number of nitrogens with one attached hydrogen (secondary N) is 2. The summed E-state index contributed by atoms with van der Waals surface area (Å²) in [7, 11) is 1.93. The molecule has 1 aromatic heterocycles. The molecule has 0 aliphatic rings. The lowest BCUT2D eigenvalue weighted by Crippen LogP contribution is -2.34. The first-order chi connectivity index (χ1) is 10.5. The average molecular weight is 301 g/mol. The van der Waals surface area contributed by atoms with Crippen molar-refractivity contribution < 1.29 is 4.79 Å². The van der Waals surface area contributed by atoms with Crippen molar-refractivity contribution in [2.75, 3.05) is 18.9 Å². The summed E-state index contributed by atoms with van der Waals surface area (Å²) < 4.78 is 0. The molecule has 0 spiro atoms. The minimum atomic E-state index is -0.368. The van der Waals surface area contributed by atoms with Gasteiger partial charge in [0.25, 0.3) is 0 Å². The van der Waals surface area contributed by atoms with Crippen LogP contribution in [0.1, 0.15) is 44.1 Å². The Hall–Kier alpha value is -2.21. The lowest BCUT2D eigenvalue weighted by Gasteiger charge is -2.25. The fourth-order valence-corrected chi connectivity index (χ4v) is 2.19. The van der Waals surface area contributed by atoms with Gasteiger partial charge in [-0.25, -0.2) is 0 Å². The highest BCUT2D eigenvalue weighted by molar-refractivity contribution is 5.94. The number of carbonyl (C=O) groups is 1. The van der Waals surface area contributed by atoms with E-state index in [0.717, 1.165) is 17.9 Å². The number of rotatable bonds is 6. The Balaban J connectivity index is 2.18. The van der Waals surface area contributed by atoms with Crippen LogP contribution in [-0.4, -0.2) is 39.6 Å². The van der Waals surface area contributed by atoms with E-state index in [1.807, 2.05) is 63.1 Å². The van der Waals surface area contributed by atoms with Crippen LogP contribution in [-0.2, 0) is 4.79 Å². The summed E-state index contributed by atoms with van der Waals surface area (Å²) in [6.45, 7) is 6.82. The molecule has 1 amide bonds. The molecular weight excluding hydrogens is 278 g/mol. The van der Waals surface area contributed by atoms with E-state index in [2.05, 4.69) is 20.5 Å². The second-order valence-electron chi connectivity index (χ2n) is 5.57. The van der Waals surface area contributed by atoms with Crippen LogP contribution >= 0.6 is 0 Å². The SMILES string of the molecule is CCN(C)C(C(=O)Nc1n[nH]c(C(C)C)n1)c1ccccc1. The molecule has 118 valence electrons. The maximum Gasteiger partial charge on any atom is 0.248 e. The number of carbonyl (C=O) groups excluding carboxylic acids is 1. The third-order valence-corrected chi connectivity index (χ3v) is 3.59. The first kappa shape index (κ1) is 16.2. The Labute approximate surface area is 130 Å². The molecule has 0 aliphatic heterocycles. The number of nitrogens with zero attached hydrogens (tertiary/aromatic N) is 3. The third-order valence-electron chi connectivity index (χ3n) is 3.59. The highest BCUT2D eigenvalue weighted by Crippen LogP contribution is 2.21. The van der Waals surface area contributed by atoms with Crippen molar-refractivity contribution in [3.8, 4) is 0 Å². The zero-order valence-corrected chi connectivity index (χ0v) is 13.5. The van der Waals surface area contributed by atoms with Gasteiger partial charge in [-0.2, -0.15) is 4.98 Å². The van der Waals surface area contributed by atoms with E-state index in [4.69, 9.17) is 0 Å². The quantitative estimate of drug-likeness (QED) is 0.860. The Morgan fingerprint density at radius 2 is 2.00 bits per heavy atom. The number of amides is 1. The van der Waals surface area contributed by atoms with Crippen LogP contribution in [0.4, 0.5) is 5.95 Å². The number of aromatic amines is 1. The number of H-pyrrole nitrogens is 1. The molecule has 0 fully saturated rings. The van der Waals surface area contributed by atoms with Crippen LogP contribution in [0.2, 0.25) is 0 Å². The minimum Gasteiger partial charge on any atom is -0.292 e. The van der Waals surface area contributed by atoms with E-state index < -0.39 is 0 Å². The number of hydrogen-bond donors (Lipinski definition) is 2. The van der Waals surface area contributed by atoms with Crippen LogP contribution in [0.3, 0.4) is 0 Å². The van der Waals surface area contributed by atoms with E-state index in [9.17, 15) is 4.79 Å². The van der Waals surface area contributed by atoms with E-state index >= 15 is 0 Å². The minimum absolute atomic E-state index is 0.134. The van der Waals surface area contributed by atoms with Crippen LogP contribution in [0.15, 0.2) is 30.3 Å². The zero-order valence-electron chi connectivity index (χ0n) is 13.5. The van der Waals surface area contributed by atoms with E-state index in [-0.39, 0.29) is 17.9 Å². The van der Waals surface area contributed by atoms with E-state index in [1.165, 1.54) is 0 Å². The molecule has 0 aliphatic carbocycles. The van der Waals surface area contributed by atoms with Gasteiger partial charge in [-0.15, -0.1) is 5.10 Å². The fraction of sp³-hybridized carbons (Fsp3) is 0.438. The Bertz CT molecular complexity index is 608. The van der Waals surface area contributed by atoms with Gasteiger partial charge in [0.15, 0.2) is 0 Å². The largest absolute Gasteiger partial charge is 0.292 e. The first-order valence-corrected chi connectivity index (χ1v) is 7.51. The fourth-order valence-electron chi connectivity index (χ4n) is 2.19. The molecule has 0 saturated carbocycles. The molecule has 0 bridgehead atoms. The third kappa shape index (κ3) is 3.71. The predicted octanol–water partition coefficient (Wildman–Crippen LogP) is 2.56. The standard InChI is InChI=1S/C16H23N5O/c1-5-21(4)13(12-9-7-6-8-10-12)15(22)18-16-17-14(11(2)3)19-20-16/h6-11,13H,5H2,1-4H3,(H2,17,18,19,20,22). The van der Waals surface area contributed by atoms with Crippen LogP contribution < -0.4 is 5.32 Å². The second-order valence-corrected chi connectivity index (χ2v) is 5.57. The summed E-state index contributed by atoms with van der Waals surface area (Å²) in [4.78, 5) is 18.9. The molecule has 0 radical (unpaired) electrons. The molecule has 1 unspecified atom stereocenters. The zero-order chi connectivity index (χ0) is 16.1. The molecule has 2 N–H and O–H groups in total. The maximum absolute atomic E-state index is 12.6. The first-order valence-electron chi connectivity index (χ1n) is 7.51. The lowest BCUT2D eigenvalue weighted by molar-refractivity contribution is -0.121. The number of anilines is 1. The topological polar surface area (TPSA) is 73.9 Å². The smallest absolute Gasteiger partial charge is 0.248 e. The highest BCUT2D eigenvalue weighted by Gasteiger charge is 2.25. The molecule has 0 saturated heterocycles. The Morgan fingerprint density at radius 3 is 2.55 bits per heavy atom. The summed E-state index contributed by atoms with van der Waals surface area (Å²) in [6.07, 6.45) is 0. The molecule has 1 atom stereocenters. The average Bonchev–Trinajstić information content (AvgIpc) is 2.97. The van der Waals surface area contributed by atoms with Crippen LogP contribution in [0.25, 0.3) is 0 Å². The highest BCUT2D eigenvalue weighted by atomic mass is 16.2. The van der Waals surface area contributed by atoms with Crippen molar-refractivity contribution in [1.82, 2.24) is 20.1 Å². The molecule has 6 heteroatoms. The molecular formula is C16H23N5O. The van der Waals surface area contributed by atoms with Crippen molar-refractivity contribution in [1.29, 1.82) is 0 Å². The Kier molecular flexibility index (Phi) is 5.27. The Morgan fingerprint density at radius 1 is 1.32 bits per heavy atom. The lowest BCUT2D eigenvalue weighted by atomic mass is 10.1. The monoisotopic (exact) mass is 301 g/mol. The number of likely N-dealkylation sites (N-methyl/N-ethyl adjacent to an activating group) is 1. The van der Waals surface area contributed by atoms with Gasteiger partial charge in [0.2, 0.25) is 11.9 Å². The van der Waals surface area contributed by atoms with Gasteiger partial charge < -0.3 is 0 Å². The van der Waals surface area contributed by atoms with Gasteiger partial charge in [-0.1, -0.05) is 51.1 Å². The van der Waals surface area contributed by atoms with E-state index in [0.29, 0.717) is 5.95 Å². The van der Waals surface area contributed by atoms with Crippen molar-refractivity contribution in [3.63, 3.8) is 0 Å². The normalized spacial score (nSPS) is 12.6. The van der Waals surface area contributed by atoms with Crippen LogP contribution in [0, 0.1) is 0 Å². The van der Waals surface area contributed by atoms with Gasteiger partial charge in [0, 0.05) is 5.92 Å². The second kappa shape index (κ2) is 7.17. The molecule has 22 heavy (non-hydrogen) atoms. The molecule has 2 aromatic rings. The van der Waals surface area contributed by atoms with E-state index in [1.54, 1.807) is 0 Å². The van der Waals surface area contributed by atoms with Crippen LogP contribution in [0.5, 0.6) is 0 Å². The summed E-state index contributed by atoms with van der Waals surface area (Å²) >= 11 is 0. The van der Waals surface area contributed by atoms with Gasteiger partial charge in [0.05, 0.1) is 0 Å². The van der Waals surface area contributed by atoms with Gasteiger partial charge in [0.1, 0.15) is 11.9 Å². The summed E-state index contributed by atoms with van der Waals surface area (Å²) in [5.41, 5.74) is 0.948. The number of hydrogen-bond acceptors (Lipinski definition) is 4.